The SMILES string of the molecule is O=C(COc1ccccc1Cl)N1CCN(S(=O)(=O)c2ccccc2Cl)CC1. The maximum absolute atomic E-state index is 12.7. The van der Waals surface area contributed by atoms with Crippen LogP contribution < -0.4 is 4.74 Å². The maximum Gasteiger partial charge on any atom is 0.260 e. The van der Waals surface area contributed by atoms with Gasteiger partial charge in [-0.3, -0.25) is 4.79 Å². The fraction of sp³-hybridized carbons (Fsp3) is 0.278. The summed E-state index contributed by atoms with van der Waals surface area (Å²) in [6, 6.07) is 13.2. The van der Waals surface area contributed by atoms with Crippen LogP contribution >= 0.6 is 23.2 Å². The summed E-state index contributed by atoms with van der Waals surface area (Å²) in [6.45, 7) is 0.820. The molecule has 3 rings (SSSR count). The van der Waals surface area contributed by atoms with Gasteiger partial charge in [0.2, 0.25) is 10.0 Å². The van der Waals surface area contributed by atoms with Gasteiger partial charge in [-0.1, -0.05) is 47.5 Å². The van der Waals surface area contributed by atoms with E-state index in [0.29, 0.717) is 10.8 Å². The summed E-state index contributed by atoms with van der Waals surface area (Å²) in [5.74, 6) is 0.220. The Bertz CT molecular complexity index is 928. The molecule has 1 aliphatic rings. The Kier molecular flexibility index (Phi) is 6.26. The molecule has 1 aliphatic heterocycles. The predicted octanol–water partition coefficient (Wildman–Crippen LogP) is 2.91. The fourth-order valence-electron chi connectivity index (χ4n) is 2.76. The third-order valence-electron chi connectivity index (χ3n) is 4.23. The van der Waals surface area contributed by atoms with Gasteiger partial charge in [0.25, 0.3) is 5.91 Å². The van der Waals surface area contributed by atoms with E-state index in [9.17, 15) is 13.2 Å². The molecule has 1 saturated heterocycles. The third-order valence-corrected chi connectivity index (χ3v) is 6.94. The van der Waals surface area contributed by atoms with Crippen molar-refractivity contribution >= 4 is 39.1 Å². The molecule has 2 aromatic rings. The summed E-state index contributed by atoms with van der Waals surface area (Å²) in [5.41, 5.74) is 0. The highest BCUT2D eigenvalue weighted by Gasteiger charge is 2.31. The molecule has 0 aromatic heterocycles. The number of rotatable bonds is 5. The number of carbonyl (C=O) groups excluding carboxylic acids is 1. The van der Waals surface area contributed by atoms with Crippen LogP contribution in [0.15, 0.2) is 53.4 Å². The molecular weight excluding hydrogens is 411 g/mol. The summed E-state index contributed by atoms with van der Waals surface area (Å²) in [6.07, 6.45) is 0. The molecule has 144 valence electrons. The second-order valence-electron chi connectivity index (χ2n) is 5.93. The van der Waals surface area contributed by atoms with Crippen molar-refractivity contribution in [1.82, 2.24) is 9.21 Å². The minimum atomic E-state index is -3.69. The number of carbonyl (C=O) groups is 1. The molecule has 0 unspecified atom stereocenters. The Morgan fingerprint density at radius 3 is 2.15 bits per heavy atom. The van der Waals surface area contributed by atoms with Gasteiger partial charge in [0.05, 0.1) is 10.0 Å². The largest absolute Gasteiger partial charge is 0.482 e. The van der Waals surface area contributed by atoms with Gasteiger partial charge in [-0.15, -0.1) is 0 Å². The summed E-state index contributed by atoms with van der Waals surface area (Å²) in [5, 5.41) is 0.616. The number of ether oxygens (including phenoxy) is 1. The fourth-order valence-corrected chi connectivity index (χ4v) is 4.87. The lowest BCUT2D eigenvalue weighted by Crippen LogP contribution is -2.51. The van der Waals surface area contributed by atoms with Crippen molar-refractivity contribution in [3.8, 4) is 5.75 Å². The van der Waals surface area contributed by atoms with E-state index < -0.39 is 10.0 Å². The molecule has 0 atom stereocenters. The second kappa shape index (κ2) is 8.48. The normalized spacial score (nSPS) is 15.6. The Morgan fingerprint density at radius 2 is 1.52 bits per heavy atom. The van der Waals surface area contributed by atoms with Gasteiger partial charge in [0.15, 0.2) is 6.61 Å². The molecule has 1 fully saturated rings. The lowest BCUT2D eigenvalue weighted by Gasteiger charge is -2.34. The number of nitrogens with zero attached hydrogens (tertiary/aromatic N) is 2. The van der Waals surface area contributed by atoms with E-state index in [-0.39, 0.29) is 48.6 Å². The van der Waals surface area contributed by atoms with E-state index in [4.69, 9.17) is 27.9 Å². The van der Waals surface area contributed by atoms with Crippen molar-refractivity contribution in [3.63, 3.8) is 0 Å². The van der Waals surface area contributed by atoms with Gasteiger partial charge < -0.3 is 9.64 Å². The first kappa shape index (κ1) is 19.9. The van der Waals surface area contributed by atoms with Gasteiger partial charge in [-0.25, -0.2) is 8.42 Å². The average molecular weight is 429 g/mol. The Hall–Kier alpha value is -1.80. The smallest absolute Gasteiger partial charge is 0.260 e. The molecule has 0 radical (unpaired) electrons. The molecule has 0 N–H and O–H groups in total. The van der Waals surface area contributed by atoms with E-state index in [1.165, 1.54) is 10.4 Å². The van der Waals surface area contributed by atoms with Crippen molar-refractivity contribution in [2.24, 2.45) is 0 Å². The molecule has 2 aromatic carbocycles. The number of hydrogen-bond acceptors (Lipinski definition) is 4. The second-order valence-corrected chi connectivity index (χ2v) is 8.66. The van der Waals surface area contributed by atoms with Crippen LogP contribution in [0.2, 0.25) is 10.0 Å². The topological polar surface area (TPSA) is 66.9 Å². The van der Waals surface area contributed by atoms with Crippen LogP contribution in [0.1, 0.15) is 0 Å². The minimum absolute atomic E-state index is 0.0773. The van der Waals surface area contributed by atoms with Crippen LogP contribution in [0.4, 0.5) is 0 Å². The molecule has 6 nitrogen and oxygen atoms in total. The van der Waals surface area contributed by atoms with Crippen LogP contribution in [0.5, 0.6) is 5.75 Å². The van der Waals surface area contributed by atoms with E-state index in [0.717, 1.165) is 0 Å². The molecule has 9 heteroatoms. The Morgan fingerprint density at radius 1 is 0.926 bits per heavy atom. The first-order valence-electron chi connectivity index (χ1n) is 8.29. The van der Waals surface area contributed by atoms with Crippen molar-refractivity contribution in [3.05, 3.63) is 58.6 Å². The van der Waals surface area contributed by atoms with Crippen LogP contribution in [0, 0.1) is 0 Å². The molecule has 0 bridgehead atoms. The number of para-hydroxylation sites is 1. The number of benzene rings is 2. The Labute approximate surface area is 168 Å². The first-order valence-corrected chi connectivity index (χ1v) is 10.5. The highest BCUT2D eigenvalue weighted by atomic mass is 35.5. The van der Waals surface area contributed by atoms with Crippen molar-refractivity contribution in [2.45, 2.75) is 4.90 Å². The number of amides is 1. The van der Waals surface area contributed by atoms with E-state index in [1.54, 1.807) is 47.4 Å². The van der Waals surface area contributed by atoms with E-state index >= 15 is 0 Å². The molecule has 1 heterocycles. The van der Waals surface area contributed by atoms with Crippen molar-refractivity contribution in [1.29, 1.82) is 0 Å². The quantitative estimate of drug-likeness (QED) is 0.733. The standard InChI is InChI=1S/C18H18Cl2N2O4S/c19-14-5-1-3-7-16(14)26-13-18(23)21-9-11-22(12-10-21)27(24,25)17-8-4-2-6-15(17)20/h1-8H,9-13H2. The summed E-state index contributed by atoms with van der Waals surface area (Å²) >= 11 is 12.0. The minimum Gasteiger partial charge on any atom is -0.482 e. The van der Waals surface area contributed by atoms with Crippen LogP contribution in [-0.4, -0.2) is 56.3 Å². The Balaban J connectivity index is 1.58. The maximum atomic E-state index is 12.7. The third kappa shape index (κ3) is 4.55. The lowest BCUT2D eigenvalue weighted by molar-refractivity contribution is -0.134. The summed E-state index contributed by atoms with van der Waals surface area (Å²) in [7, 11) is -3.69. The van der Waals surface area contributed by atoms with Crippen molar-refractivity contribution in [2.75, 3.05) is 32.8 Å². The first-order chi connectivity index (χ1) is 12.9. The number of halogens is 2. The van der Waals surface area contributed by atoms with Gasteiger partial charge in [0, 0.05) is 26.2 Å². The molecule has 0 saturated carbocycles. The number of hydrogen-bond donors (Lipinski definition) is 0. The van der Waals surface area contributed by atoms with Crippen LogP contribution in [-0.2, 0) is 14.8 Å². The molecule has 1 amide bonds. The zero-order valence-corrected chi connectivity index (χ0v) is 16.7. The number of piperazine rings is 1. The van der Waals surface area contributed by atoms with Gasteiger partial charge in [-0.05, 0) is 24.3 Å². The monoisotopic (exact) mass is 428 g/mol. The van der Waals surface area contributed by atoms with Crippen LogP contribution in [0.25, 0.3) is 0 Å². The summed E-state index contributed by atoms with van der Waals surface area (Å²) in [4.78, 5) is 14.0. The van der Waals surface area contributed by atoms with E-state index in [2.05, 4.69) is 0 Å². The highest BCUT2D eigenvalue weighted by Crippen LogP contribution is 2.25. The van der Waals surface area contributed by atoms with Crippen LogP contribution in [0.3, 0.4) is 0 Å². The van der Waals surface area contributed by atoms with Gasteiger partial charge in [-0.2, -0.15) is 4.31 Å². The number of sulfonamides is 1. The highest BCUT2D eigenvalue weighted by molar-refractivity contribution is 7.89. The average Bonchev–Trinajstić information content (AvgIpc) is 2.67. The zero-order valence-electron chi connectivity index (χ0n) is 14.3. The van der Waals surface area contributed by atoms with Gasteiger partial charge in [0.1, 0.15) is 10.6 Å². The molecular formula is C18H18Cl2N2O4S. The van der Waals surface area contributed by atoms with Crippen molar-refractivity contribution < 1.29 is 17.9 Å². The predicted molar refractivity (Wildman–Crippen MR) is 104 cm³/mol. The zero-order chi connectivity index (χ0) is 19.4. The lowest BCUT2D eigenvalue weighted by atomic mass is 10.3. The van der Waals surface area contributed by atoms with Gasteiger partial charge >= 0.3 is 0 Å². The molecule has 0 spiro atoms. The molecule has 0 aliphatic carbocycles. The molecule has 27 heavy (non-hydrogen) atoms. The summed E-state index contributed by atoms with van der Waals surface area (Å²) < 4.78 is 32.3. The van der Waals surface area contributed by atoms with E-state index in [1.807, 2.05) is 0 Å².